The second-order valence-electron chi connectivity index (χ2n) is 8.62. The van der Waals surface area contributed by atoms with Gasteiger partial charge in [-0.25, -0.2) is 9.59 Å². The van der Waals surface area contributed by atoms with Crippen LogP contribution in [0.25, 0.3) is 10.9 Å². The maximum atomic E-state index is 13.1. The summed E-state index contributed by atoms with van der Waals surface area (Å²) in [4.78, 5) is 40.3. The van der Waals surface area contributed by atoms with Crippen LogP contribution in [0.5, 0.6) is 0 Å². The molecule has 1 atom stereocenters. The van der Waals surface area contributed by atoms with Crippen molar-refractivity contribution < 1.29 is 4.79 Å². The van der Waals surface area contributed by atoms with E-state index < -0.39 is 0 Å². The van der Waals surface area contributed by atoms with E-state index >= 15 is 0 Å². The van der Waals surface area contributed by atoms with Gasteiger partial charge in [-0.1, -0.05) is 0 Å². The van der Waals surface area contributed by atoms with Crippen LogP contribution >= 0.6 is 0 Å². The van der Waals surface area contributed by atoms with Crippen molar-refractivity contribution in [3.8, 4) is 0 Å². The van der Waals surface area contributed by atoms with Crippen LogP contribution in [-0.4, -0.2) is 39.2 Å². The highest BCUT2D eigenvalue weighted by molar-refractivity contribution is 5.92. The molecular weight excluding hydrogens is 370 g/mol. The van der Waals surface area contributed by atoms with Gasteiger partial charge in [-0.2, -0.15) is 0 Å². The molecule has 4 rings (SSSR count). The van der Waals surface area contributed by atoms with Gasteiger partial charge in [-0.15, -0.1) is 0 Å². The minimum absolute atomic E-state index is 0.00112. The Balaban J connectivity index is 1.71. The zero-order valence-corrected chi connectivity index (χ0v) is 17.1. The molecule has 8 nitrogen and oxygen atoms in total. The number of aromatic nitrogens is 2. The van der Waals surface area contributed by atoms with E-state index in [9.17, 15) is 14.4 Å². The fourth-order valence-corrected chi connectivity index (χ4v) is 4.08. The van der Waals surface area contributed by atoms with Crippen LogP contribution in [0.1, 0.15) is 45.6 Å². The Morgan fingerprint density at radius 3 is 2.66 bits per heavy atom. The van der Waals surface area contributed by atoms with Gasteiger partial charge in [0.15, 0.2) is 0 Å². The number of nitrogens with zero attached hydrogens (tertiary/aromatic N) is 3. The predicted molar refractivity (Wildman–Crippen MR) is 113 cm³/mol. The zero-order valence-electron chi connectivity index (χ0n) is 17.1. The molecule has 2 amide bonds. The van der Waals surface area contributed by atoms with Crippen molar-refractivity contribution in [1.29, 1.82) is 0 Å². The first-order valence-electron chi connectivity index (χ1n) is 10.5. The van der Waals surface area contributed by atoms with E-state index in [4.69, 9.17) is 5.73 Å². The molecule has 29 heavy (non-hydrogen) atoms. The van der Waals surface area contributed by atoms with E-state index in [0.29, 0.717) is 42.1 Å². The summed E-state index contributed by atoms with van der Waals surface area (Å²) in [5.74, 6) is 0.407. The number of hydrogen-bond donors (Lipinski definition) is 2. The smallest absolute Gasteiger partial charge is 0.326 e. The summed E-state index contributed by atoms with van der Waals surface area (Å²) in [5.41, 5.74) is 6.57. The van der Waals surface area contributed by atoms with Crippen molar-refractivity contribution >= 4 is 22.6 Å². The van der Waals surface area contributed by atoms with E-state index in [-0.39, 0.29) is 29.4 Å². The van der Waals surface area contributed by atoms with E-state index in [1.54, 1.807) is 27.7 Å². The normalized spacial score (nSPS) is 19.7. The minimum Gasteiger partial charge on any atom is -0.326 e. The summed E-state index contributed by atoms with van der Waals surface area (Å²) in [6.07, 6.45) is 3.92. The lowest BCUT2D eigenvalue weighted by atomic mass is 10.1. The number of carbonyl (C=O) groups excluding carboxylic acids is 1. The predicted octanol–water partition coefficient (Wildman–Crippen LogP) is 2.11. The van der Waals surface area contributed by atoms with E-state index in [1.165, 1.54) is 4.57 Å². The highest BCUT2D eigenvalue weighted by Crippen LogP contribution is 2.30. The maximum absolute atomic E-state index is 13.1. The number of amides is 2. The minimum atomic E-state index is -0.287. The monoisotopic (exact) mass is 399 g/mol. The third-order valence-corrected chi connectivity index (χ3v) is 5.82. The summed E-state index contributed by atoms with van der Waals surface area (Å²) in [5, 5.41) is 3.33. The molecule has 2 heterocycles. The van der Waals surface area contributed by atoms with Gasteiger partial charge in [-0.3, -0.25) is 13.9 Å². The number of carbonyl (C=O) groups is 1. The second-order valence-corrected chi connectivity index (χ2v) is 8.62. The van der Waals surface area contributed by atoms with Gasteiger partial charge in [0, 0.05) is 37.4 Å². The Kier molecular flexibility index (Phi) is 5.21. The molecule has 0 spiro atoms. The van der Waals surface area contributed by atoms with Crippen molar-refractivity contribution in [2.75, 3.05) is 18.4 Å². The molecule has 1 aliphatic heterocycles. The van der Waals surface area contributed by atoms with Gasteiger partial charge in [0.1, 0.15) is 0 Å². The van der Waals surface area contributed by atoms with Gasteiger partial charge in [0.2, 0.25) is 0 Å². The van der Waals surface area contributed by atoms with E-state index in [2.05, 4.69) is 5.32 Å². The lowest BCUT2D eigenvalue weighted by Gasteiger charge is -2.30. The fraction of sp³-hybridized carbons (Fsp3) is 0.571. The number of likely N-dealkylation sites (tertiary alicyclic amines) is 1. The van der Waals surface area contributed by atoms with Crippen LogP contribution in [0, 0.1) is 5.92 Å². The number of rotatable bonds is 4. The van der Waals surface area contributed by atoms with Crippen LogP contribution in [0.15, 0.2) is 27.8 Å². The lowest BCUT2D eigenvalue weighted by molar-refractivity contribution is 0.193. The van der Waals surface area contributed by atoms with Crippen LogP contribution in [0.4, 0.5) is 10.5 Å². The number of anilines is 1. The van der Waals surface area contributed by atoms with E-state index in [0.717, 1.165) is 25.7 Å². The van der Waals surface area contributed by atoms with Gasteiger partial charge < -0.3 is 16.0 Å². The van der Waals surface area contributed by atoms with Crippen molar-refractivity contribution in [3.05, 3.63) is 39.0 Å². The molecule has 0 radical (unpaired) electrons. The van der Waals surface area contributed by atoms with Crippen LogP contribution < -0.4 is 22.3 Å². The first-order chi connectivity index (χ1) is 13.8. The summed E-state index contributed by atoms with van der Waals surface area (Å²) < 4.78 is 3.02. The standard InChI is InChI=1S/C21H29N5O3/c1-13(2)26-18-8-7-16(23-20(28)24-9-3-4-15(22)12-24)10-17(18)19(27)25(21(26)29)11-14-5-6-14/h7-8,10,13-15H,3-6,9,11-12,22H2,1-2H3,(H,23,28). The molecule has 1 saturated heterocycles. The molecule has 1 unspecified atom stereocenters. The third kappa shape index (κ3) is 3.94. The average Bonchev–Trinajstić information content (AvgIpc) is 3.49. The van der Waals surface area contributed by atoms with Gasteiger partial charge >= 0.3 is 11.7 Å². The number of fused-ring (bicyclic) bond motifs is 1. The molecule has 1 saturated carbocycles. The van der Waals surface area contributed by atoms with Crippen molar-refractivity contribution in [2.45, 2.75) is 58.2 Å². The van der Waals surface area contributed by atoms with Gasteiger partial charge in [0.25, 0.3) is 5.56 Å². The Bertz CT molecular complexity index is 1050. The Morgan fingerprint density at radius 2 is 2.00 bits per heavy atom. The molecule has 2 fully saturated rings. The fourth-order valence-electron chi connectivity index (χ4n) is 4.08. The molecular formula is C21H29N5O3. The third-order valence-electron chi connectivity index (χ3n) is 5.82. The molecule has 0 bridgehead atoms. The van der Waals surface area contributed by atoms with Crippen molar-refractivity contribution in [3.63, 3.8) is 0 Å². The molecule has 8 heteroatoms. The largest absolute Gasteiger partial charge is 0.331 e. The van der Waals surface area contributed by atoms with Crippen LogP contribution in [0.2, 0.25) is 0 Å². The number of nitrogens with one attached hydrogen (secondary N) is 1. The number of benzene rings is 1. The Hall–Kier alpha value is -2.61. The summed E-state index contributed by atoms with van der Waals surface area (Å²) >= 11 is 0. The van der Waals surface area contributed by atoms with Crippen molar-refractivity contribution in [2.24, 2.45) is 11.7 Å². The molecule has 3 N–H and O–H groups in total. The van der Waals surface area contributed by atoms with Crippen molar-refractivity contribution in [1.82, 2.24) is 14.0 Å². The van der Waals surface area contributed by atoms with E-state index in [1.807, 2.05) is 13.8 Å². The number of hydrogen-bond acceptors (Lipinski definition) is 4. The summed E-state index contributed by atoms with van der Waals surface area (Å²) in [6, 6.07) is 4.88. The SMILES string of the molecule is CC(C)n1c(=O)n(CC2CC2)c(=O)c2cc(NC(=O)N3CCCC(N)C3)ccc21. The number of urea groups is 1. The van der Waals surface area contributed by atoms with Gasteiger partial charge in [0.05, 0.1) is 10.9 Å². The highest BCUT2D eigenvalue weighted by atomic mass is 16.2. The molecule has 1 aromatic carbocycles. The first-order valence-corrected chi connectivity index (χ1v) is 10.5. The molecule has 2 aliphatic rings. The summed E-state index contributed by atoms with van der Waals surface area (Å²) in [6.45, 7) is 5.53. The van der Waals surface area contributed by atoms with Crippen LogP contribution in [-0.2, 0) is 6.54 Å². The van der Waals surface area contributed by atoms with Gasteiger partial charge in [-0.05, 0) is 63.6 Å². The number of piperidine rings is 1. The second kappa shape index (κ2) is 7.67. The maximum Gasteiger partial charge on any atom is 0.331 e. The zero-order chi connectivity index (χ0) is 20.7. The highest BCUT2D eigenvalue weighted by Gasteiger charge is 2.25. The topological polar surface area (TPSA) is 102 Å². The Morgan fingerprint density at radius 1 is 1.24 bits per heavy atom. The molecule has 2 aromatic rings. The quantitative estimate of drug-likeness (QED) is 0.822. The average molecular weight is 399 g/mol. The Labute approximate surface area is 169 Å². The van der Waals surface area contributed by atoms with Crippen LogP contribution in [0.3, 0.4) is 0 Å². The lowest BCUT2D eigenvalue weighted by Crippen LogP contribution is -2.47. The summed E-state index contributed by atoms with van der Waals surface area (Å²) in [7, 11) is 0. The first kappa shape index (κ1) is 19.7. The molecule has 1 aromatic heterocycles. The molecule has 1 aliphatic carbocycles. The number of nitrogens with two attached hydrogens (primary N) is 1. The molecule has 156 valence electrons.